The van der Waals surface area contributed by atoms with Crippen molar-refractivity contribution in [3.05, 3.63) is 70.3 Å². The summed E-state index contributed by atoms with van der Waals surface area (Å²) in [5.41, 5.74) is 0.848. The summed E-state index contributed by atoms with van der Waals surface area (Å²) in [5.74, 6) is 0.321. The lowest BCUT2D eigenvalue weighted by Gasteiger charge is -2.03. The van der Waals surface area contributed by atoms with E-state index in [0.717, 1.165) is 11.3 Å². The maximum atomic E-state index is 11.9. The topological polar surface area (TPSA) is 81.5 Å². The molecule has 0 spiro atoms. The van der Waals surface area contributed by atoms with Gasteiger partial charge in [-0.3, -0.25) is 14.9 Å². The van der Waals surface area contributed by atoms with E-state index in [-0.39, 0.29) is 11.4 Å². The Kier molecular flexibility index (Phi) is 5.46. The number of rotatable bonds is 6. The Morgan fingerprint density at radius 3 is 2.57 bits per heavy atom. The lowest BCUT2D eigenvalue weighted by atomic mass is 10.2. The van der Waals surface area contributed by atoms with Gasteiger partial charge in [-0.25, -0.2) is 0 Å². The van der Waals surface area contributed by atoms with Crippen molar-refractivity contribution < 1.29 is 14.5 Å². The summed E-state index contributed by atoms with van der Waals surface area (Å²) in [6.45, 7) is 2.49. The SMILES string of the molecule is CCOc1ccc(C=CC(=O)Nc2ccccc2[N+](=O)[O-])cc1. The number of hydrogen-bond donors (Lipinski definition) is 1. The first-order chi connectivity index (χ1) is 11.1. The summed E-state index contributed by atoms with van der Waals surface area (Å²) in [6, 6.07) is 13.3. The zero-order chi connectivity index (χ0) is 16.7. The van der Waals surface area contributed by atoms with Crippen molar-refractivity contribution in [1.29, 1.82) is 0 Å². The number of anilines is 1. The Balaban J connectivity index is 2.03. The van der Waals surface area contributed by atoms with Gasteiger partial charge in [-0.1, -0.05) is 24.3 Å². The van der Waals surface area contributed by atoms with Crippen LogP contribution in [0, 0.1) is 10.1 Å². The van der Waals surface area contributed by atoms with E-state index in [2.05, 4.69) is 5.32 Å². The van der Waals surface area contributed by atoms with Crippen molar-refractivity contribution in [3.63, 3.8) is 0 Å². The monoisotopic (exact) mass is 312 g/mol. The molecule has 23 heavy (non-hydrogen) atoms. The Morgan fingerprint density at radius 1 is 1.22 bits per heavy atom. The smallest absolute Gasteiger partial charge is 0.292 e. The number of amides is 1. The largest absolute Gasteiger partial charge is 0.494 e. The number of nitro groups is 1. The molecule has 0 atom stereocenters. The van der Waals surface area contributed by atoms with Gasteiger partial charge in [-0.15, -0.1) is 0 Å². The van der Waals surface area contributed by atoms with Crippen molar-refractivity contribution >= 4 is 23.4 Å². The van der Waals surface area contributed by atoms with E-state index in [9.17, 15) is 14.9 Å². The highest BCUT2D eigenvalue weighted by Gasteiger charge is 2.13. The minimum Gasteiger partial charge on any atom is -0.494 e. The first-order valence-corrected chi connectivity index (χ1v) is 7.05. The molecule has 1 N–H and O–H groups in total. The molecule has 2 rings (SSSR count). The zero-order valence-corrected chi connectivity index (χ0v) is 12.6. The van der Waals surface area contributed by atoms with Crippen molar-refractivity contribution in [1.82, 2.24) is 0 Å². The summed E-state index contributed by atoms with van der Waals surface area (Å²) in [4.78, 5) is 22.2. The third-order valence-corrected chi connectivity index (χ3v) is 2.98. The van der Waals surface area contributed by atoms with E-state index in [4.69, 9.17) is 4.74 Å². The second-order valence-electron chi connectivity index (χ2n) is 4.60. The minimum absolute atomic E-state index is 0.143. The molecule has 1 amide bonds. The van der Waals surface area contributed by atoms with Gasteiger partial charge in [0.1, 0.15) is 11.4 Å². The molecule has 0 aliphatic rings. The second-order valence-corrected chi connectivity index (χ2v) is 4.60. The number of para-hydroxylation sites is 2. The number of carbonyl (C=O) groups is 1. The molecule has 6 nitrogen and oxygen atoms in total. The van der Waals surface area contributed by atoms with Crippen molar-refractivity contribution in [3.8, 4) is 5.75 Å². The molecule has 0 radical (unpaired) electrons. The van der Waals surface area contributed by atoms with Gasteiger partial charge in [0.25, 0.3) is 5.69 Å². The van der Waals surface area contributed by atoms with Crippen molar-refractivity contribution in [2.24, 2.45) is 0 Å². The van der Waals surface area contributed by atoms with Crippen LogP contribution in [-0.2, 0) is 4.79 Å². The minimum atomic E-state index is -0.536. The van der Waals surface area contributed by atoms with E-state index in [1.54, 1.807) is 18.2 Å². The summed E-state index contributed by atoms with van der Waals surface area (Å²) in [5, 5.41) is 13.4. The molecular formula is C17H16N2O4. The summed E-state index contributed by atoms with van der Waals surface area (Å²) in [6.07, 6.45) is 2.95. The second kappa shape index (κ2) is 7.74. The molecule has 6 heteroatoms. The summed E-state index contributed by atoms with van der Waals surface area (Å²) < 4.78 is 5.33. The average molecular weight is 312 g/mol. The molecule has 0 saturated heterocycles. The molecule has 0 saturated carbocycles. The van der Waals surface area contributed by atoms with E-state index >= 15 is 0 Å². The predicted octanol–water partition coefficient (Wildman–Crippen LogP) is 3.65. The van der Waals surface area contributed by atoms with Gasteiger partial charge in [0.05, 0.1) is 11.5 Å². The van der Waals surface area contributed by atoms with Gasteiger partial charge >= 0.3 is 0 Å². The molecule has 118 valence electrons. The Hall–Kier alpha value is -3.15. The lowest BCUT2D eigenvalue weighted by molar-refractivity contribution is -0.383. The zero-order valence-electron chi connectivity index (χ0n) is 12.6. The molecule has 0 aromatic heterocycles. The van der Waals surface area contributed by atoms with E-state index in [1.807, 2.05) is 31.2 Å². The number of carbonyl (C=O) groups excluding carboxylic acids is 1. The first kappa shape index (κ1) is 16.2. The summed E-state index contributed by atoms with van der Waals surface area (Å²) in [7, 11) is 0. The lowest BCUT2D eigenvalue weighted by Crippen LogP contribution is -2.09. The fraction of sp³-hybridized carbons (Fsp3) is 0.118. The van der Waals surface area contributed by atoms with Gasteiger partial charge in [-0.05, 0) is 36.8 Å². The molecule has 0 fully saturated rings. The van der Waals surface area contributed by atoms with Gasteiger partial charge in [-0.2, -0.15) is 0 Å². The van der Waals surface area contributed by atoms with E-state index in [0.29, 0.717) is 6.61 Å². The van der Waals surface area contributed by atoms with Crippen LogP contribution in [0.5, 0.6) is 5.75 Å². The van der Waals surface area contributed by atoms with Crippen LogP contribution < -0.4 is 10.1 Å². The highest BCUT2D eigenvalue weighted by Crippen LogP contribution is 2.23. The number of nitro benzene ring substituents is 1. The van der Waals surface area contributed by atoms with Crippen molar-refractivity contribution in [2.45, 2.75) is 6.92 Å². The predicted molar refractivity (Wildman–Crippen MR) is 88.4 cm³/mol. The Bertz CT molecular complexity index is 724. The van der Waals surface area contributed by atoms with Crippen LogP contribution in [0.2, 0.25) is 0 Å². The highest BCUT2D eigenvalue weighted by atomic mass is 16.6. The van der Waals surface area contributed by atoms with Crippen LogP contribution in [-0.4, -0.2) is 17.4 Å². The van der Waals surface area contributed by atoms with Gasteiger partial charge in [0.2, 0.25) is 5.91 Å². The molecule has 0 aliphatic heterocycles. The quantitative estimate of drug-likeness (QED) is 0.501. The molecule has 0 bridgehead atoms. The van der Waals surface area contributed by atoms with Crippen LogP contribution in [0.4, 0.5) is 11.4 Å². The molecule has 2 aromatic rings. The van der Waals surface area contributed by atoms with E-state index in [1.165, 1.54) is 18.2 Å². The van der Waals surface area contributed by atoms with Crippen LogP contribution in [0.25, 0.3) is 6.08 Å². The van der Waals surface area contributed by atoms with Crippen LogP contribution in [0.1, 0.15) is 12.5 Å². The third-order valence-electron chi connectivity index (χ3n) is 2.98. The van der Waals surface area contributed by atoms with Gasteiger partial charge in [0, 0.05) is 12.1 Å². The van der Waals surface area contributed by atoms with Crippen molar-refractivity contribution in [2.75, 3.05) is 11.9 Å². The number of ether oxygens (including phenoxy) is 1. The first-order valence-electron chi connectivity index (χ1n) is 7.05. The molecule has 0 aliphatic carbocycles. The Labute approximate surface area is 133 Å². The number of nitrogens with one attached hydrogen (secondary N) is 1. The molecule has 0 heterocycles. The van der Waals surface area contributed by atoms with Crippen LogP contribution in [0.15, 0.2) is 54.6 Å². The molecule has 2 aromatic carbocycles. The highest BCUT2D eigenvalue weighted by molar-refractivity contribution is 6.03. The van der Waals surface area contributed by atoms with E-state index < -0.39 is 10.8 Å². The van der Waals surface area contributed by atoms with Gasteiger partial charge < -0.3 is 10.1 Å². The molecular weight excluding hydrogens is 296 g/mol. The van der Waals surface area contributed by atoms with Crippen LogP contribution >= 0.6 is 0 Å². The maximum absolute atomic E-state index is 11.9. The number of hydrogen-bond acceptors (Lipinski definition) is 4. The Morgan fingerprint density at radius 2 is 1.91 bits per heavy atom. The number of nitrogens with zero attached hydrogens (tertiary/aromatic N) is 1. The fourth-order valence-electron chi connectivity index (χ4n) is 1.93. The third kappa shape index (κ3) is 4.67. The maximum Gasteiger partial charge on any atom is 0.292 e. The number of benzene rings is 2. The standard InChI is InChI=1S/C17H16N2O4/c1-2-23-14-10-7-13(8-11-14)9-12-17(20)18-15-5-3-4-6-16(15)19(21)22/h3-12H,2H2,1H3,(H,18,20). The fourth-order valence-corrected chi connectivity index (χ4v) is 1.93. The van der Waals surface area contributed by atoms with Gasteiger partial charge in [0.15, 0.2) is 0 Å². The molecule has 0 unspecified atom stereocenters. The normalized spacial score (nSPS) is 10.5. The average Bonchev–Trinajstić information content (AvgIpc) is 2.55. The summed E-state index contributed by atoms with van der Waals surface area (Å²) >= 11 is 0. The van der Waals surface area contributed by atoms with Crippen LogP contribution in [0.3, 0.4) is 0 Å².